The molecule has 0 amide bonds. The number of H-pyrrole nitrogens is 1. The zero-order valence-electron chi connectivity index (χ0n) is 10.1. The van der Waals surface area contributed by atoms with Crippen LogP contribution >= 0.6 is 15.9 Å². The van der Waals surface area contributed by atoms with Gasteiger partial charge in [-0.2, -0.15) is 0 Å². The molecule has 0 spiro atoms. The molecule has 3 nitrogen and oxygen atoms in total. The second kappa shape index (κ2) is 5.87. The third kappa shape index (κ3) is 2.82. The lowest BCUT2D eigenvalue weighted by Crippen LogP contribution is -2.11. The first-order chi connectivity index (χ1) is 8.72. The average Bonchev–Trinajstić information content (AvgIpc) is 2.42. The first kappa shape index (κ1) is 12.9. The van der Waals surface area contributed by atoms with Crippen molar-refractivity contribution in [1.82, 2.24) is 4.98 Å². The third-order valence-electron chi connectivity index (χ3n) is 2.66. The minimum atomic E-state index is -0.110. The van der Waals surface area contributed by atoms with Gasteiger partial charge in [0.15, 0.2) is 5.75 Å². The van der Waals surface area contributed by atoms with Crippen LogP contribution in [0.2, 0.25) is 0 Å². The van der Waals surface area contributed by atoms with E-state index in [9.17, 15) is 4.79 Å². The SMILES string of the molecule is CCc1[nH]cc(OCc2ccccc2)c(=O)c1Br. The number of nitrogens with one attached hydrogen (secondary N) is 1. The van der Waals surface area contributed by atoms with Crippen molar-refractivity contribution in [3.8, 4) is 5.75 Å². The number of benzene rings is 1. The van der Waals surface area contributed by atoms with E-state index in [1.54, 1.807) is 6.20 Å². The van der Waals surface area contributed by atoms with Gasteiger partial charge in [0.1, 0.15) is 6.61 Å². The predicted molar refractivity (Wildman–Crippen MR) is 74.9 cm³/mol. The number of rotatable bonds is 4. The molecule has 94 valence electrons. The number of ether oxygens (including phenoxy) is 1. The van der Waals surface area contributed by atoms with Gasteiger partial charge in [-0.1, -0.05) is 37.3 Å². The number of aryl methyl sites for hydroxylation is 1. The van der Waals surface area contributed by atoms with Gasteiger partial charge in [0.2, 0.25) is 5.43 Å². The van der Waals surface area contributed by atoms with Crippen molar-refractivity contribution >= 4 is 15.9 Å². The van der Waals surface area contributed by atoms with Gasteiger partial charge in [-0.3, -0.25) is 4.79 Å². The standard InChI is InChI=1S/C14H14BrNO2/c1-2-11-13(15)14(17)12(8-16-11)18-9-10-6-4-3-5-7-10/h3-8H,2,9H2,1H3,(H,16,17). The summed E-state index contributed by atoms with van der Waals surface area (Å²) in [5.41, 5.74) is 1.81. The Kier molecular flexibility index (Phi) is 4.20. The average molecular weight is 308 g/mol. The molecule has 0 bridgehead atoms. The van der Waals surface area contributed by atoms with Gasteiger partial charge in [-0.15, -0.1) is 0 Å². The molecule has 0 aliphatic rings. The summed E-state index contributed by atoms with van der Waals surface area (Å²) >= 11 is 3.29. The van der Waals surface area contributed by atoms with E-state index >= 15 is 0 Å². The van der Waals surface area contributed by atoms with Crippen LogP contribution in [0, 0.1) is 0 Å². The maximum absolute atomic E-state index is 12.0. The van der Waals surface area contributed by atoms with Crippen molar-refractivity contribution < 1.29 is 4.74 Å². The second-order valence-electron chi connectivity index (χ2n) is 3.90. The molecule has 0 radical (unpaired) electrons. The first-order valence-electron chi connectivity index (χ1n) is 5.79. The molecule has 0 unspecified atom stereocenters. The smallest absolute Gasteiger partial charge is 0.237 e. The van der Waals surface area contributed by atoms with Crippen molar-refractivity contribution in [2.45, 2.75) is 20.0 Å². The summed E-state index contributed by atoms with van der Waals surface area (Å²) in [6.07, 6.45) is 2.39. The van der Waals surface area contributed by atoms with Crippen LogP contribution in [-0.2, 0) is 13.0 Å². The molecule has 2 aromatic rings. The topological polar surface area (TPSA) is 42.1 Å². The van der Waals surface area contributed by atoms with E-state index in [0.29, 0.717) is 16.8 Å². The normalized spacial score (nSPS) is 10.3. The van der Waals surface area contributed by atoms with E-state index in [2.05, 4.69) is 20.9 Å². The second-order valence-corrected chi connectivity index (χ2v) is 4.70. The van der Waals surface area contributed by atoms with Gasteiger partial charge in [0.05, 0.1) is 4.47 Å². The maximum Gasteiger partial charge on any atom is 0.237 e. The predicted octanol–water partition coefficient (Wildman–Crippen LogP) is 3.28. The van der Waals surface area contributed by atoms with Crippen molar-refractivity contribution in [1.29, 1.82) is 0 Å². The highest BCUT2D eigenvalue weighted by molar-refractivity contribution is 9.10. The molecule has 0 aliphatic heterocycles. The van der Waals surface area contributed by atoms with Crippen LogP contribution < -0.4 is 10.2 Å². The number of aromatic nitrogens is 1. The molecule has 1 aromatic heterocycles. The summed E-state index contributed by atoms with van der Waals surface area (Å²) in [5.74, 6) is 0.336. The van der Waals surface area contributed by atoms with Crippen LogP contribution in [0.25, 0.3) is 0 Å². The lowest BCUT2D eigenvalue weighted by Gasteiger charge is -2.07. The van der Waals surface area contributed by atoms with Crippen LogP contribution in [0.4, 0.5) is 0 Å². The van der Waals surface area contributed by atoms with E-state index in [0.717, 1.165) is 17.7 Å². The fourth-order valence-electron chi connectivity index (χ4n) is 1.63. The Balaban J connectivity index is 2.16. The number of pyridine rings is 1. The van der Waals surface area contributed by atoms with Crippen molar-refractivity contribution in [3.05, 3.63) is 62.5 Å². The molecule has 0 saturated heterocycles. The molecule has 4 heteroatoms. The van der Waals surface area contributed by atoms with Gasteiger partial charge >= 0.3 is 0 Å². The molecular weight excluding hydrogens is 294 g/mol. The molecule has 18 heavy (non-hydrogen) atoms. The summed E-state index contributed by atoms with van der Waals surface area (Å²) < 4.78 is 6.08. The van der Waals surface area contributed by atoms with Gasteiger partial charge < -0.3 is 9.72 Å². The fourth-order valence-corrected chi connectivity index (χ4v) is 2.22. The zero-order chi connectivity index (χ0) is 13.0. The van der Waals surface area contributed by atoms with Crippen LogP contribution in [0.15, 0.2) is 45.8 Å². The monoisotopic (exact) mass is 307 g/mol. The van der Waals surface area contributed by atoms with Gasteiger partial charge in [-0.05, 0) is 27.9 Å². The third-order valence-corrected chi connectivity index (χ3v) is 3.50. The Hall–Kier alpha value is -1.55. The molecule has 0 atom stereocenters. The van der Waals surface area contributed by atoms with Crippen molar-refractivity contribution in [3.63, 3.8) is 0 Å². The zero-order valence-corrected chi connectivity index (χ0v) is 11.7. The first-order valence-corrected chi connectivity index (χ1v) is 6.58. The number of hydrogen-bond acceptors (Lipinski definition) is 2. The van der Waals surface area contributed by atoms with Crippen LogP contribution in [-0.4, -0.2) is 4.98 Å². The molecule has 0 fully saturated rings. The summed E-state index contributed by atoms with van der Waals surface area (Å²) in [7, 11) is 0. The molecule has 0 aliphatic carbocycles. The Morgan fingerprint density at radius 1 is 1.28 bits per heavy atom. The van der Waals surface area contributed by atoms with Gasteiger partial charge in [-0.25, -0.2) is 0 Å². The number of aromatic amines is 1. The largest absolute Gasteiger partial charge is 0.483 e. The van der Waals surface area contributed by atoms with Crippen molar-refractivity contribution in [2.75, 3.05) is 0 Å². The number of hydrogen-bond donors (Lipinski definition) is 1. The summed E-state index contributed by atoms with van der Waals surface area (Å²) in [5, 5.41) is 0. The lowest BCUT2D eigenvalue weighted by molar-refractivity contribution is 0.301. The number of halogens is 1. The molecule has 1 heterocycles. The van der Waals surface area contributed by atoms with E-state index in [1.165, 1.54) is 0 Å². The van der Waals surface area contributed by atoms with Crippen LogP contribution in [0.1, 0.15) is 18.2 Å². The lowest BCUT2D eigenvalue weighted by atomic mass is 10.2. The minimum absolute atomic E-state index is 0.110. The van der Waals surface area contributed by atoms with E-state index < -0.39 is 0 Å². The minimum Gasteiger partial charge on any atom is -0.483 e. The molecule has 1 aromatic carbocycles. The molecule has 0 saturated carbocycles. The van der Waals surface area contributed by atoms with Gasteiger partial charge in [0, 0.05) is 11.9 Å². The molecular formula is C14H14BrNO2. The highest BCUT2D eigenvalue weighted by Crippen LogP contribution is 2.15. The maximum atomic E-state index is 12.0. The Bertz CT molecular complexity index is 578. The van der Waals surface area contributed by atoms with E-state index in [-0.39, 0.29) is 5.43 Å². The summed E-state index contributed by atoms with van der Waals surface area (Å²) in [6.45, 7) is 2.38. The molecule has 2 rings (SSSR count). The fraction of sp³-hybridized carbons (Fsp3) is 0.214. The molecule has 1 N–H and O–H groups in total. The van der Waals surface area contributed by atoms with Crippen molar-refractivity contribution in [2.24, 2.45) is 0 Å². The highest BCUT2D eigenvalue weighted by atomic mass is 79.9. The highest BCUT2D eigenvalue weighted by Gasteiger charge is 2.08. The Morgan fingerprint density at radius 3 is 2.67 bits per heavy atom. The quantitative estimate of drug-likeness (QED) is 0.942. The Morgan fingerprint density at radius 2 is 2.00 bits per heavy atom. The van der Waals surface area contributed by atoms with E-state index in [4.69, 9.17) is 4.74 Å². The Labute approximate surface area is 114 Å². The van der Waals surface area contributed by atoms with Crippen LogP contribution in [0.5, 0.6) is 5.75 Å². The summed E-state index contributed by atoms with van der Waals surface area (Å²) in [4.78, 5) is 15.0. The van der Waals surface area contributed by atoms with Crippen LogP contribution in [0.3, 0.4) is 0 Å². The summed E-state index contributed by atoms with van der Waals surface area (Å²) in [6, 6.07) is 9.76. The van der Waals surface area contributed by atoms with Gasteiger partial charge in [0.25, 0.3) is 0 Å². The van der Waals surface area contributed by atoms with E-state index in [1.807, 2.05) is 37.3 Å².